The molecule has 0 spiro atoms. The second kappa shape index (κ2) is 11.6. The molecule has 2 saturated heterocycles. The molecule has 10 nitrogen and oxygen atoms in total. The highest BCUT2D eigenvalue weighted by Crippen LogP contribution is 2.54. The van der Waals surface area contributed by atoms with Crippen molar-refractivity contribution in [3.05, 3.63) is 121 Å². The first-order valence-electron chi connectivity index (χ1n) is 17.8. The van der Waals surface area contributed by atoms with E-state index in [1.54, 1.807) is 72.8 Å². The number of allylic oxidation sites excluding steroid dienone is 4. The second-order valence-corrected chi connectivity index (χ2v) is 16.6. The standard InChI is InChI=1S/C42H32N2O8S/c45-39-35-23-1-2-24(21-23)36(35)40(46)43(39)27-5-9-29(10-6-27)51-31-13-17-33(18-14-31)53(49,50)34-19-15-32(16-20-34)52-30-11-7-28(8-12-30)44-41(47)37-25-3-4-26(22-25)38(37)42(44)48/h1-20,23-26,35-38H,21-22H2. The summed E-state index contributed by atoms with van der Waals surface area (Å²) in [5.74, 6) is 0.706. The molecule has 4 aromatic rings. The quantitative estimate of drug-likeness (QED) is 0.145. The van der Waals surface area contributed by atoms with E-state index < -0.39 is 9.84 Å². The van der Waals surface area contributed by atoms with Crippen LogP contribution in [0.15, 0.2) is 131 Å². The lowest BCUT2D eigenvalue weighted by Gasteiger charge is -2.17. The Morgan fingerprint density at radius 2 is 0.679 bits per heavy atom. The van der Waals surface area contributed by atoms with Crippen molar-refractivity contribution in [3.63, 3.8) is 0 Å². The van der Waals surface area contributed by atoms with Crippen LogP contribution in [0.25, 0.3) is 0 Å². The molecular formula is C42H32N2O8S. The summed E-state index contributed by atoms with van der Waals surface area (Å²) in [6.07, 6.45) is 10.0. The first kappa shape index (κ1) is 31.9. The van der Waals surface area contributed by atoms with Crippen LogP contribution < -0.4 is 19.3 Å². The van der Waals surface area contributed by atoms with Crippen molar-refractivity contribution in [3.8, 4) is 23.0 Å². The molecule has 2 saturated carbocycles. The maximum atomic E-state index is 13.4. The number of rotatable bonds is 8. The van der Waals surface area contributed by atoms with Gasteiger partial charge in [-0.1, -0.05) is 24.3 Å². The molecule has 264 valence electrons. The monoisotopic (exact) mass is 724 g/mol. The number of carbonyl (C=O) groups is 4. The van der Waals surface area contributed by atoms with Crippen LogP contribution >= 0.6 is 0 Å². The minimum absolute atomic E-state index is 0.0865. The Labute approximate surface area is 305 Å². The van der Waals surface area contributed by atoms with Gasteiger partial charge in [0.15, 0.2) is 0 Å². The van der Waals surface area contributed by atoms with Crippen molar-refractivity contribution in [1.82, 2.24) is 0 Å². The molecule has 53 heavy (non-hydrogen) atoms. The second-order valence-electron chi connectivity index (χ2n) is 14.7. The molecule has 4 fully saturated rings. The third-order valence-electron chi connectivity index (χ3n) is 11.9. The van der Waals surface area contributed by atoms with Crippen LogP contribution in [-0.2, 0) is 29.0 Å². The van der Waals surface area contributed by atoms with Gasteiger partial charge < -0.3 is 9.47 Å². The van der Waals surface area contributed by atoms with Gasteiger partial charge in [-0.15, -0.1) is 0 Å². The summed E-state index contributed by atoms with van der Waals surface area (Å²) in [6.45, 7) is 0. The summed E-state index contributed by atoms with van der Waals surface area (Å²) in [6, 6.07) is 25.6. The third-order valence-corrected chi connectivity index (χ3v) is 13.7. The summed E-state index contributed by atoms with van der Waals surface area (Å²) in [7, 11) is -3.85. The van der Waals surface area contributed by atoms with Crippen molar-refractivity contribution in [2.75, 3.05) is 9.80 Å². The first-order valence-corrected chi connectivity index (χ1v) is 19.3. The average Bonchev–Trinajstić information content (AvgIpc) is 4.03. The lowest BCUT2D eigenvalue weighted by Crippen LogP contribution is -2.32. The summed E-state index contributed by atoms with van der Waals surface area (Å²) in [5.41, 5.74) is 1.02. The molecule has 4 amide bonds. The van der Waals surface area contributed by atoms with Crippen LogP contribution in [0.2, 0.25) is 0 Å². The lowest BCUT2D eigenvalue weighted by atomic mass is 9.85. The fourth-order valence-electron chi connectivity index (χ4n) is 9.42. The van der Waals surface area contributed by atoms with Crippen molar-refractivity contribution < 1.29 is 37.1 Å². The minimum atomic E-state index is -3.85. The van der Waals surface area contributed by atoms with Crippen molar-refractivity contribution >= 4 is 44.8 Å². The number of anilines is 2. The normalized spacial score (nSPS) is 29.1. The molecule has 0 radical (unpaired) electrons. The predicted octanol–water partition coefficient (Wildman–Crippen LogP) is 6.73. The maximum absolute atomic E-state index is 13.4. The van der Waals surface area contributed by atoms with Gasteiger partial charge in [0.2, 0.25) is 33.5 Å². The molecule has 4 bridgehead atoms. The number of amides is 4. The number of carbonyl (C=O) groups excluding carboxylic acids is 4. The molecular weight excluding hydrogens is 693 g/mol. The van der Waals surface area contributed by atoms with Crippen molar-refractivity contribution in [1.29, 1.82) is 0 Å². The highest BCUT2D eigenvalue weighted by atomic mass is 32.2. The molecule has 8 atom stereocenters. The van der Waals surface area contributed by atoms with E-state index in [9.17, 15) is 27.6 Å². The molecule has 6 aliphatic rings. The third kappa shape index (κ3) is 4.86. The number of sulfone groups is 1. The molecule has 2 aliphatic heterocycles. The van der Waals surface area contributed by atoms with Crippen LogP contribution in [0.5, 0.6) is 23.0 Å². The van der Waals surface area contributed by atoms with Crippen LogP contribution in [-0.4, -0.2) is 32.0 Å². The van der Waals surface area contributed by atoms with Crippen molar-refractivity contribution in [2.24, 2.45) is 47.3 Å². The number of fused-ring (bicyclic) bond motifs is 10. The minimum Gasteiger partial charge on any atom is -0.457 e. The van der Waals surface area contributed by atoms with Gasteiger partial charge in [0.25, 0.3) is 0 Å². The fraction of sp³-hybridized carbons (Fsp3) is 0.238. The molecule has 10 rings (SSSR count). The van der Waals surface area contributed by atoms with E-state index in [1.165, 1.54) is 34.1 Å². The molecule has 8 unspecified atom stereocenters. The van der Waals surface area contributed by atoms with E-state index in [0.717, 1.165) is 12.8 Å². The largest absolute Gasteiger partial charge is 0.457 e. The number of ether oxygens (including phenoxy) is 2. The van der Waals surface area contributed by atoms with Gasteiger partial charge in [-0.2, -0.15) is 0 Å². The summed E-state index contributed by atoms with van der Waals surface area (Å²) < 4.78 is 38.7. The molecule has 0 N–H and O–H groups in total. The van der Waals surface area contributed by atoms with E-state index in [1.807, 2.05) is 0 Å². The Morgan fingerprint density at radius 1 is 0.415 bits per heavy atom. The zero-order valence-corrected chi connectivity index (χ0v) is 29.0. The van der Waals surface area contributed by atoms with Gasteiger partial charge in [0.1, 0.15) is 23.0 Å². The van der Waals surface area contributed by atoms with Crippen molar-refractivity contribution in [2.45, 2.75) is 22.6 Å². The smallest absolute Gasteiger partial charge is 0.238 e. The predicted molar refractivity (Wildman–Crippen MR) is 192 cm³/mol. The Hall–Kier alpha value is -5.81. The van der Waals surface area contributed by atoms with Gasteiger partial charge in [-0.25, -0.2) is 8.42 Å². The van der Waals surface area contributed by atoms with E-state index in [0.29, 0.717) is 34.4 Å². The van der Waals surface area contributed by atoms with E-state index >= 15 is 0 Å². The topological polar surface area (TPSA) is 127 Å². The summed E-state index contributed by atoms with van der Waals surface area (Å²) in [4.78, 5) is 55.3. The molecule has 4 aromatic carbocycles. The summed E-state index contributed by atoms with van der Waals surface area (Å²) in [5, 5.41) is 0. The zero-order chi connectivity index (χ0) is 36.2. The number of imide groups is 2. The van der Waals surface area contributed by atoms with Crippen LogP contribution in [0.3, 0.4) is 0 Å². The van der Waals surface area contributed by atoms with Gasteiger partial charge in [0, 0.05) is 0 Å². The number of benzene rings is 4. The highest BCUT2D eigenvalue weighted by molar-refractivity contribution is 7.91. The van der Waals surface area contributed by atoms with E-state index in [-0.39, 0.29) is 80.8 Å². The number of hydrogen-bond donors (Lipinski definition) is 0. The van der Waals surface area contributed by atoms with Crippen LogP contribution in [0.4, 0.5) is 11.4 Å². The Bertz CT molecular complexity index is 2160. The van der Waals surface area contributed by atoms with Crippen LogP contribution in [0.1, 0.15) is 12.8 Å². The van der Waals surface area contributed by atoms with Gasteiger partial charge >= 0.3 is 0 Å². The Kier molecular flexibility index (Phi) is 6.98. The molecule has 4 aliphatic carbocycles. The molecule has 0 aromatic heterocycles. The Morgan fingerprint density at radius 3 is 0.962 bits per heavy atom. The number of hydrogen-bond acceptors (Lipinski definition) is 8. The van der Waals surface area contributed by atoms with Gasteiger partial charge in [0.05, 0.1) is 44.8 Å². The van der Waals surface area contributed by atoms with E-state index in [4.69, 9.17) is 9.47 Å². The lowest BCUT2D eigenvalue weighted by molar-refractivity contribution is -0.124. The summed E-state index contributed by atoms with van der Waals surface area (Å²) >= 11 is 0. The maximum Gasteiger partial charge on any atom is 0.238 e. The molecule has 2 heterocycles. The van der Waals surface area contributed by atoms with Crippen LogP contribution in [0, 0.1) is 47.3 Å². The SMILES string of the molecule is O=C1C2C3C=CC(C3)C2C(=O)N1c1ccc(Oc2ccc(S(=O)(=O)c3ccc(Oc4ccc(N5C(=O)C6C7C=CC(C7)C6C5=O)cc4)cc3)cc2)cc1. The number of nitrogens with zero attached hydrogens (tertiary/aromatic N) is 2. The zero-order valence-electron chi connectivity index (χ0n) is 28.1. The average molecular weight is 725 g/mol. The Balaban J connectivity index is 0.770. The van der Waals surface area contributed by atoms with Gasteiger partial charge in [-0.3, -0.25) is 29.0 Å². The molecule has 11 heteroatoms. The first-order chi connectivity index (χ1) is 25.7. The highest BCUT2D eigenvalue weighted by Gasteiger charge is 2.60. The van der Waals surface area contributed by atoms with Gasteiger partial charge in [-0.05, 0) is 134 Å². The fourth-order valence-corrected chi connectivity index (χ4v) is 10.7. The van der Waals surface area contributed by atoms with E-state index in [2.05, 4.69) is 24.3 Å².